The van der Waals surface area contributed by atoms with Crippen molar-refractivity contribution in [2.75, 3.05) is 7.05 Å². The zero-order chi connectivity index (χ0) is 18.5. The fraction of sp³-hybridized carbons (Fsp3) is 0.143. The van der Waals surface area contributed by atoms with Crippen molar-refractivity contribution in [3.63, 3.8) is 0 Å². The van der Waals surface area contributed by atoms with Gasteiger partial charge < -0.3 is 10.6 Å². The van der Waals surface area contributed by atoms with Crippen molar-refractivity contribution < 1.29 is 9.18 Å². The SMILES string of the molecule is CN(Cc1ccc(-c2cccnc2)c(F)c1)C(=O)c1ccc(CN)cc1. The number of hydrogen-bond acceptors (Lipinski definition) is 3. The number of nitrogens with zero attached hydrogens (tertiary/aromatic N) is 2. The van der Waals surface area contributed by atoms with Crippen molar-refractivity contribution in [1.29, 1.82) is 0 Å². The number of amides is 1. The monoisotopic (exact) mass is 349 g/mol. The quantitative estimate of drug-likeness (QED) is 0.765. The van der Waals surface area contributed by atoms with Gasteiger partial charge in [0.05, 0.1) is 0 Å². The Labute approximate surface area is 152 Å². The molecule has 0 spiro atoms. The summed E-state index contributed by atoms with van der Waals surface area (Å²) in [5, 5.41) is 0. The van der Waals surface area contributed by atoms with Gasteiger partial charge >= 0.3 is 0 Å². The predicted octanol–water partition coefficient (Wildman–Crippen LogP) is 3.62. The number of aromatic nitrogens is 1. The molecule has 1 heterocycles. The molecule has 26 heavy (non-hydrogen) atoms. The summed E-state index contributed by atoms with van der Waals surface area (Å²) in [6, 6.07) is 15.8. The maximum absolute atomic E-state index is 14.5. The van der Waals surface area contributed by atoms with E-state index in [0.29, 0.717) is 24.2 Å². The summed E-state index contributed by atoms with van der Waals surface area (Å²) in [7, 11) is 1.70. The van der Waals surface area contributed by atoms with Gasteiger partial charge in [0.1, 0.15) is 5.82 Å². The zero-order valence-electron chi connectivity index (χ0n) is 14.5. The van der Waals surface area contributed by atoms with E-state index in [1.54, 1.807) is 48.6 Å². The number of hydrogen-bond donors (Lipinski definition) is 1. The lowest BCUT2D eigenvalue weighted by Crippen LogP contribution is -2.26. The van der Waals surface area contributed by atoms with E-state index in [9.17, 15) is 9.18 Å². The van der Waals surface area contributed by atoms with Crippen LogP contribution in [0.25, 0.3) is 11.1 Å². The summed E-state index contributed by atoms with van der Waals surface area (Å²) in [5.74, 6) is -0.450. The smallest absolute Gasteiger partial charge is 0.253 e. The van der Waals surface area contributed by atoms with Crippen LogP contribution < -0.4 is 5.73 Å². The van der Waals surface area contributed by atoms with Gasteiger partial charge in [-0.3, -0.25) is 9.78 Å². The Morgan fingerprint density at radius 2 is 1.85 bits per heavy atom. The molecule has 4 nitrogen and oxygen atoms in total. The van der Waals surface area contributed by atoms with E-state index < -0.39 is 0 Å². The first-order valence-electron chi connectivity index (χ1n) is 8.32. The average molecular weight is 349 g/mol. The van der Waals surface area contributed by atoms with E-state index in [1.807, 2.05) is 24.3 Å². The van der Waals surface area contributed by atoms with Gasteiger partial charge in [-0.2, -0.15) is 0 Å². The van der Waals surface area contributed by atoms with Gasteiger partial charge in [0.15, 0.2) is 0 Å². The molecule has 2 aromatic carbocycles. The molecule has 3 rings (SSSR count). The third-order valence-electron chi connectivity index (χ3n) is 4.21. The molecule has 0 atom stereocenters. The van der Waals surface area contributed by atoms with Crippen molar-refractivity contribution in [2.45, 2.75) is 13.1 Å². The molecular formula is C21H20FN3O. The highest BCUT2D eigenvalue weighted by atomic mass is 19.1. The molecule has 0 saturated heterocycles. The van der Waals surface area contributed by atoms with Crippen LogP contribution in [0.3, 0.4) is 0 Å². The van der Waals surface area contributed by atoms with Crippen LogP contribution in [0.1, 0.15) is 21.5 Å². The Balaban J connectivity index is 1.73. The van der Waals surface area contributed by atoms with Crippen LogP contribution in [-0.2, 0) is 13.1 Å². The van der Waals surface area contributed by atoms with E-state index in [1.165, 1.54) is 6.07 Å². The van der Waals surface area contributed by atoms with E-state index in [2.05, 4.69) is 4.98 Å². The lowest BCUT2D eigenvalue weighted by atomic mass is 10.0. The summed E-state index contributed by atoms with van der Waals surface area (Å²) >= 11 is 0. The van der Waals surface area contributed by atoms with Crippen LogP contribution >= 0.6 is 0 Å². The summed E-state index contributed by atoms with van der Waals surface area (Å²) in [6.07, 6.45) is 3.27. The molecule has 0 aliphatic rings. The maximum Gasteiger partial charge on any atom is 0.253 e. The fourth-order valence-electron chi connectivity index (χ4n) is 2.76. The molecule has 0 unspecified atom stereocenters. The van der Waals surface area contributed by atoms with Crippen molar-refractivity contribution in [1.82, 2.24) is 9.88 Å². The Morgan fingerprint density at radius 3 is 2.46 bits per heavy atom. The highest BCUT2D eigenvalue weighted by Crippen LogP contribution is 2.23. The molecule has 0 aliphatic heterocycles. The second-order valence-electron chi connectivity index (χ2n) is 6.12. The van der Waals surface area contributed by atoms with Gasteiger partial charge in [-0.05, 0) is 35.4 Å². The third kappa shape index (κ3) is 3.95. The summed E-state index contributed by atoms with van der Waals surface area (Å²) in [4.78, 5) is 18.1. The molecule has 0 bridgehead atoms. The van der Waals surface area contributed by atoms with Crippen LogP contribution in [0.15, 0.2) is 67.0 Å². The van der Waals surface area contributed by atoms with Gasteiger partial charge in [0.2, 0.25) is 0 Å². The van der Waals surface area contributed by atoms with Gasteiger partial charge in [0.25, 0.3) is 5.91 Å². The van der Waals surface area contributed by atoms with Crippen molar-refractivity contribution in [3.05, 3.63) is 89.5 Å². The number of nitrogens with two attached hydrogens (primary N) is 1. The Hall–Kier alpha value is -3.05. The molecule has 3 aromatic rings. The summed E-state index contributed by atoms with van der Waals surface area (Å²) < 4.78 is 14.5. The second-order valence-corrected chi connectivity index (χ2v) is 6.12. The van der Waals surface area contributed by atoms with Gasteiger partial charge in [0, 0.05) is 49.2 Å². The molecule has 2 N–H and O–H groups in total. The highest BCUT2D eigenvalue weighted by molar-refractivity contribution is 5.94. The molecule has 0 radical (unpaired) electrons. The molecule has 0 fully saturated rings. The topological polar surface area (TPSA) is 59.2 Å². The molecule has 1 amide bonds. The number of pyridine rings is 1. The van der Waals surface area contributed by atoms with Crippen molar-refractivity contribution in [3.8, 4) is 11.1 Å². The first kappa shape index (κ1) is 17.8. The van der Waals surface area contributed by atoms with Crippen molar-refractivity contribution in [2.24, 2.45) is 5.73 Å². The highest BCUT2D eigenvalue weighted by Gasteiger charge is 2.13. The Morgan fingerprint density at radius 1 is 1.12 bits per heavy atom. The van der Waals surface area contributed by atoms with Crippen LogP contribution in [0.4, 0.5) is 4.39 Å². The number of carbonyl (C=O) groups excluding carboxylic acids is 1. The van der Waals surface area contributed by atoms with E-state index in [-0.39, 0.29) is 11.7 Å². The molecule has 5 heteroatoms. The third-order valence-corrected chi connectivity index (χ3v) is 4.21. The standard InChI is InChI=1S/C21H20FN3O/c1-25(21(26)17-7-4-15(12-23)5-8-17)14-16-6-9-19(20(22)11-16)18-3-2-10-24-13-18/h2-11,13H,12,14,23H2,1H3. The normalized spacial score (nSPS) is 10.6. The molecule has 132 valence electrons. The molecular weight excluding hydrogens is 329 g/mol. The van der Waals surface area contributed by atoms with Gasteiger partial charge in [-0.15, -0.1) is 0 Å². The number of rotatable bonds is 5. The summed E-state index contributed by atoms with van der Waals surface area (Å²) in [6.45, 7) is 0.759. The minimum atomic E-state index is -0.330. The lowest BCUT2D eigenvalue weighted by Gasteiger charge is -2.18. The zero-order valence-corrected chi connectivity index (χ0v) is 14.5. The van der Waals surface area contributed by atoms with Crippen LogP contribution in [-0.4, -0.2) is 22.8 Å². The minimum absolute atomic E-state index is 0.120. The van der Waals surface area contributed by atoms with Gasteiger partial charge in [-0.25, -0.2) is 4.39 Å². The average Bonchev–Trinajstić information content (AvgIpc) is 2.68. The van der Waals surface area contributed by atoms with Gasteiger partial charge in [-0.1, -0.05) is 30.3 Å². The fourth-order valence-corrected chi connectivity index (χ4v) is 2.76. The first-order valence-corrected chi connectivity index (χ1v) is 8.32. The Kier molecular flexibility index (Phi) is 5.39. The number of benzene rings is 2. The van der Waals surface area contributed by atoms with Crippen LogP contribution in [0.2, 0.25) is 0 Å². The Bertz CT molecular complexity index is 895. The first-order chi connectivity index (χ1) is 12.6. The number of carbonyl (C=O) groups is 1. The maximum atomic E-state index is 14.5. The van der Waals surface area contributed by atoms with E-state index in [4.69, 9.17) is 5.73 Å². The largest absolute Gasteiger partial charge is 0.337 e. The van der Waals surface area contributed by atoms with E-state index in [0.717, 1.165) is 16.7 Å². The van der Waals surface area contributed by atoms with Crippen molar-refractivity contribution >= 4 is 5.91 Å². The van der Waals surface area contributed by atoms with Crippen LogP contribution in [0.5, 0.6) is 0 Å². The molecule has 0 aliphatic carbocycles. The lowest BCUT2D eigenvalue weighted by molar-refractivity contribution is 0.0785. The molecule has 1 aromatic heterocycles. The van der Waals surface area contributed by atoms with E-state index >= 15 is 0 Å². The minimum Gasteiger partial charge on any atom is -0.337 e. The predicted molar refractivity (Wildman–Crippen MR) is 99.8 cm³/mol. The second kappa shape index (κ2) is 7.89. The number of halogens is 1. The molecule has 0 saturated carbocycles. The summed E-state index contributed by atoms with van der Waals surface area (Å²) in [5.41, 5.74) is 9.07. The van der Waals surface area contributed by atoms with Crippen LogP contribution in [0, 0.1) is 5.82 Å².